The van der Waals surface area contributed by atoms with E-state index in [-0.39, 0.29) is 12.1 Å². The zero-order chi connectivity index (χ0) is 16.0. The number of nitrogens with one attached hydrogen (secondary N) is 1. The number of ether oxygens (including phenoxy) is 1. The highest BCUT2D eigenvalue weighted by atomic mass is 19.4. The number of carbonyl (C=O) groups excluding carboxylic acids is 1. The lowest BCUT2D eigenvalue weighted by Gasteiger charge is -2.14. The van der Waals surface area contributed by atoms with E-state index in [2.05, 4.69) is 10.1 Å². The monoisotopic (exact) mass is 306 g/mol. The van der Waals surface area contributed by atoms with Crippen molar-refractivity contribution in [2.45, 2.75) is 25.4 Å². The number of amides is 1. The van der Waals surface area contributed by atoms with Crippen LogP contribution in [0.4, 0.5) is 13.2 Å². The molecule has 1 rings (SSSR count). The van der Waals surface area contributed by atoms with Gasteiger partial charge in [-0.05, 0) is 6.07 Å². The highest BCUT2D eigenvalue weighted by molar-refractivity contribution is 5.85. The molecule has 1 aromatic carbocycles. The normalized spacial score (nSPS) is 12.6. The Morgan fingerprint density at radius 1 is 1.33 bits per heavy atom. The SMILES string of the molecule is NC(CC(=O)O)C(=O)NCc1ccccc1OC(F)(F)F. The summed E-state index contributed by atoms with van der Waals surface area (Å²) in [4.78, 5) is 21.9. The number of para-hydroxylation sites is 1. The maximum atomic E-state index is 12.2. The largest absolute Gasteiger partial charge is 0.573 e. The molecule has 0 aromatic heterocycles. The van der Waals surface area contributed by atoms with E-state index in [0.717, 1.165) is 6.07 Å². The highest BCUT2D eigenvalue weighted by Gasteiger charge is 2.32. The fourth-order valence-electron chi connectivity index (χ4n) is 1.47. The molecule has 21 heavy (non-hydrogen) atoms. The highest BCUT2D eigenvalue weighted by Crippen LogP contribution is 2.26. The first kappa shape index (κ1) is 16.8. The molecule has 9 heteroatoms. The first-order valence-electron chi connectivity index (χ1n) is 5.78. The molecule has 1 amide bonds. The molecule has 0 fully saturated rings. The van der Waals surface area contributed by atoms with Crippen LogP contribution in [0.25, 0.3) is 0 Å². The molecule has 1 atom stereocenters. The Bertz CT molecular complexity index is 519. The number of carboxylic acids is 1. The number of carboxylic acid groups (broad SMARTS) is 1. The van der Waals surface area contributed by atoms with Crippen LogP contribution in [0.2, 0.25) is 0 Å². The van der Waals surface area contributed by atoms with Crippen molar-refractivity contribution in [3.63, 3.8) is 0 Å². The molecule has 1 unspecified atom stereocenters. The first-order valence-corrected chi connectivity index (χ1v) is 5.78. The Hall–Kier alpha value is -2.29. The lowest BCUT2D eigenvalue weighted by atomic mass is 10.1. The Kier molecular flexibility index (Phi) is 5.53. The van der Waals surface area contributed by atoms with Crippen LogP contribution < -0.4 is 15.8 Å². The van der Waals surface area contributed by atoms with Gasteiger partial charge in [-0.15, -0.1) is 13.2 Å². The van der Waals surface area contributed by atoms with Gasteiger partial charge in [-0.3, -0.25) is 9.59 Å². The summed E-state index contributed by atoms with van der Waals surface area (Å²) >= 11 is 0. The first-order chi connectivity index (χ1) is 9.69. The molecule has 0 aliphatic rings. The minimum absolute atomic E-state index is 0.0886. The van der Waals surface area contributed by atoms with Crippen LogP contribution in [-0.2, 0) is 16.1 Å². The lowest BCUT2D eigenvalue weighted by molar-refractivity contribution is -0.274. The Morgan fingerprint density at radius 2 is 1.95 bits per heavy atom. The second kappa shape index (κ2) is 6.93. The van der Waals surface area contributed by atoms with Crippen molar-refractivity contribution in [2.75, 3.05) is 0 Å². The van der Waals surface area contributed by atoms with E-state index < -0.39 is 36.5 Å². The van der Waals surface area contributed by atoms with Gasteiger partial charge in [0, 0.05) is 12.1 Å². The maximum absolute atomic E-state index is 12.2. The van der Waals surface area contributed by atoms with Crippen LogP contribution in [0, 0.1) is 0 Å². The van der Waals surface area contributed by atoms with Crippen LogP contribution in [0.3, 0.4) is 0 Å². The molecular weight excluding hydrogens is 293 g/mol. The Balaban J connectivity index is 2.67. The fourth-order valence-corrected chi connectivity index (χ4v) is 1.47. The van der Waals surface area contributed by atoms with Gasteiger partial charge in [0.2, 0.25) is 5.91 Å². The summed E-state index contributed by atoms with van der Waals surface area (Å²) in [6, 6.07) is 3.99. The molecule has 0 heterocycles. The van der Waals surface area contributed by atoms with Gasteiger partial charge in [0.15, 0.2) is 0 Å². The second-order valence-corrected chi connectivity index (χ2v) is 4.08. The molecule has 6 nitrogen and oxygen atoms in total. The Morgan fingerprint density at radius 3 is 2.52 bits per heavy atom. The minimum Gasteiger partial charge on any atom is -0.481 e. The molecule has 116 valence electrons. The standard InChI is InChI=1S/C12H13F3N2O4/c13-12(14,15)21-9-4-2-1-3-7(9)6-17-11(20)8(16)5-10(18)19/h1-4,8H,5-6,16H2,(H,17,20)(H,18,19). The Labute approximate surface area is 117 Å². The number of benzene rings is 1. The van der Waals surface area contributed by atoms with Crippen molar-refractivity contribution < 1.29 is 32.6 Å². The molecular formula is C12H13F3N2O4. The number of hydrogen-bond donors (Lipinski definition) is 3. The number of aliphatic carboxylic acids is 1. The van der Waals surface area contributed by atoms with Gasteiger partial charge in [0.05, 0.1) is 12.5 Å². The van der Waals surface area contributed by atoms with Crippen LogP contribution in [-0.4, -0.2) is 29.4 Å². The quantitative estimate of drug-likeness (QED) is 0.728. The van der Waals surface area contributed by atoms with Crippen LogP contribution in [0.1, 0.15) is 12.0 Å². The van der Waals surface area contributed by atoms with E-state index in [1.165, 1.54) is 18.2 Å². The van der Waals surface area contributed by atoms with Crippen molar-refractivity contribution in [3.8, 4) is 5.75 Å². The molecule has 4 N–H and O–H groups in total. The van der Waals surface area contributed by atoms with E-state index in [1.54, 1.807) is 0 Å². The third-order valence-corrected chi connectivity index (χ3v) is 2.38. The number of carbonyl (C=O) groups is 2. The van der Waals surface area contributed by atoms with E-state index in [0.29, 0.717) is 0 Å². The lowest BCUT2D eigenvalue weighted by Crippen LogP contribution is -2.41. The topological polar surface area (TPSA) is 102 Å². The number of nitrogens with two attached hydrogens (primary N) is 1. The predicted octanol–water partition coefficient (Wildman–Crippen LogP) is 1.00. The van der Waals surface area contributed by atoms with E-state index >= 15 is 0 Å². The van der Waals surface area contributed by atoms with Gasteiger partial charge in [0.25, 0.3) is 0 Å². The maximum Gasteiger partial charge on any atom is 0.573 e. The van der Waals surface area contributed by atoms with E-state index in [9.17, 15) is 22.8 Å². The molecule has 0 bridgehead atoms. The molecule has 0 radical (unpaired) electrons. The fraction of sp³-hybridized carbons (Fsp3) is 0.333. The van der Waals surface area contributed by atoms with Crippen LogP contribution in [0.15, 0.2) is 24.3 Å². The van der Waals surface area contributed by atoms with Gasteiger partial charge >= 0.3 is 12.3 Å². The van der Waals surface area contributed by atoms with E-state index in [4.69, 9.17) is 10.8 Å². The van der Waals surface area contributed by atoms with Crippen molar-refractivity contribution in [1.29, 1.82) is 0 Å². The van der Waals surface area contributed by atoms with Crippen LogP contribution in [0.5, 0.6) is 5.75 Å². The van der Waals surface area contributed by atoms with Gasteiger partial charge in [0.1, 0.15) is 5.75 Å². The summed E-state index contributed by atoms with van der Waals surface area (Å²) in [6.45, 7) is -0.265. The average molecular weight is 306 g/mol. The van der Waals surface area contributed by atoms with Crippen molar-refractivity contribution in [3.05, 3.63) is 29.8 Å². The summed E-state index contributed by atoms with van der Waals surface area (Å²) in [5.74, 6) is -2.48. The van der Waals surface area contributed by atoms with Crippen molar-refractivity contribution in [1.82, 2.24) is 5.32 Å². The molecule has 0 saturated carbocycles. The van der Waals surface area contributed by atoms with Gasteiger partial charge in [-0.2, -0.15) is 0 Å². The molecule has 0 aliphatic heterocycles. The smallest absolute Gasteiger partial charge is 0.481 e. The number of alkyl halides is 3. The second-order valence-electron chi connectivity index (χ2n) is 4.08. The molecule has 0 saturated heterocycles. The summed E-state index contributed by atoms with van der Waals surface area (Å²) in [7, 11) is 0. The third kappa shape index (κ3) is 6.13. The third-order valence-electron chi connectivity index (χ3n) is 2.38. The van der Waals surface area contributed by atoms with Crippen LogP contribution >= 0.6 is 0 Å². The van der Waals surface area contributed by atoms with Crippen molar-refractivity contribution in [2.24, 2.45) is 5.73 Å². The number of halogens is 3. The number of rotatable bonds is 6. The van der Waals surface area contributed by atoms with Gasteiger partial charge in [-0.1, -0.05) is 18.2 Å². The predicted molar refractivity (Wildman–Crippen MR) is 65.2 cm³/mol. The van der Waals surface area contributed by atoms with Crippen molar-refractivity contribution >= 4 is 11.9 Å². The summed E-state index contributed by atoms with van der Waals surface area (Å²) in [5, 5.41) is 10.7. The molecule has 0 aliphatic carbocycles. The summed E-state index contributed by atoms with van der Waals surface area (Å²) < 4.78 is 40.4. The average Bonchev–Trinajstić information content (AvgIpc) is 2.34. The summed E-state index contributed by atoms with van der Waals surface area (Å²) in [5.41, 5.74) is 5.41. The summed E-state index contributed by atoms with van der Waals surface area (Å²) in [6.07, 6.45) is -5.42. The van der Waals surface area contributed by atoms with Gasteiger partial charge < -0.3 is 20.9 Å². The van der Waals surface area contributed by atoms with Gasteiger partial charge in [-0.25, -0.2) is 0 Å². The molecule has 0 spiro atoms. The van der Waals surface area contributed by atoms with E-state index in [1.807, 2.05) is 0 Å². The molecule has 1 aromatic rings. The minimum atomic E-state index is -4.85. The zero-order valence-corrected chi connectivity index (χ0v) is 10.7. The number of hydrogen-bond acceptors (Lipinski definition) is 4. The zero-order valence-electron chi connectivity index (χ0n) is 10.7.